The highest BCUT2D eigenvalue weighted by molar-refractivity contribution is 8.30. The maximum Gasteiger partial charge on any atom is 0.0705 e. The highest BCUT2D eigenvalue weighted by Gasteiger charge is 2.54. The molecule has 0 unspecified atom stereocenters. The largest absolute Gasteiger partial charge is 0.256 e. The van der Waals surface area contributed by atoms with Crippen molar-refractivity contribution in [2.45, 2.75) is 6.92 Å². The predicted octanol–water partition coefficient (Wildman–Crippen LogP) is -7.95. The Morgan fingerprint density at radius 2 is 0.836 bits per heavy atom. The second kappa shape index (κ2) is 24.4. The summed E-state index contributed by atoms with van der Waals surface area (Å²) in [5, 5.41) is 0.742. The topological polar surface area (TPSA) is 12.9 Å². The van der Waals surface area contributed by atoms with E-state index in [4.69, 9.17) is 151 Å². The molecule has 0 aliphatic rings. The number of aromatic nitrogens is 1. The molecule has 1 nitrogen and oxygen atoms in total. The van der Waals surface area contributed by atoms with Gasteiger partial charge in [-0.15, -0.1) is 0 Å². The summed E-state index contributed by atoms with van der Waals surface area (Å²) >= 11 is 5.92. The fourth-order valence-corrected chi connectivity index (χ4v) is 7.90. The second-order valence-electron chi connectivity index (χ2n) is 14.2. The first-order valence-corrected chi connectivity index (χ1v) is 18.2. The molecular weight excluding hydrogens is 644 g/mol. The minimum Gasteiger partial charge on any atom is -0.256 e. The molecule has 0 saturated carbocycles. The van der Waals surface area contributed by atoms with Crippen molar-refractivity contribution in [3.8, 4) is 22.4 Å². The van der Waals surface area contributed by atoms with Crippen LogP contribution in [-0.4, -0.2) is 253 Å². The van der Waals surface area contributed by atoms with Crippen molar-refractivity contribution >= 4 is 260 Å². The van der Waals surface area contributed by atoms with Gasteiger partial charge >= 0.3 is 0 Å². The number of rotatable bonds is 18. The van der Waals surface area contributed by atoms with Gasteiger partial charge in [-0.1, -0.05) is 54.1 Å². The molecule has 1 heterocycles. The van der Waals surface area contributed by atoms with E-state index in [9.17, 15) is 0 Å². The minimum absolute atomic E-state index is 0.742. The molecule has 3 aromatic rings. The summed E-state index contributed by atoms with van der Waals surface area (Å²) in [6.07, 6.45) is -14.4. The van der Waals surface area contributed by atoms with Gasteiger partial charge < -0.3 is 0 Å². The lowest BCUT2D eigenvalue weighted by Gasteiger charge is -2.52. The van der Waals surface area contributed by atoms with E-state index in [-0.39, 0.29) is 0 Å². The molecule has 0 N–H and O–H groups in total. The van der Waals surface area contributed by atoms with E-state index in [1.165, 1.54) is 23.8 Å². The van der Waals surface area contributed by atoms with Gasteiger partial charge in [-0.05, 0) is 36.2 Å². The Labute approximate surface area is 369 Å². The first-order valence-electron chi connectivity index (χ1n) is 17.9. The van der Waals surface area contributed by atoms with Gasteiger partial charge in [-0.25, -0.2) is 0 Å². The third-order valence-corrected chi connectivity index (χ3v) is 10.5. The van der Waals surface area contributed by atoms with Gasteiger partial charge in [0.05, 0.1) is 5.69 Å². The van der Waals surface area contributed by atoms with Crippen LogP contribution in [0.3, 0.4) is 0 Å². The van der Waals surface area contributed by atoms with Crippen LogP contribution in [0.2, 0.25) is 5.02 Å². The van der Waals surface area contributed by atoms with Gasteiger partial charge in [0.1, 0.15) is 0 Å². The Hall–Kier alpha value is 0.153. The van der Waals surface area contributed by atoms with Gasteiger partial charge in [0.2, 0.25) is 0 Å². The predicted molar refractivity (Wildman–Crippen MR) is 286 cm³/mol. The zero-order valence-corrected chi connectivity index (χ0v) is 32.1. The number of hydrogen-bond acceptors (Lipinski definition) is 1. The van der Waals surface area contributed by atoms with E-state index < -0.39 is 102 Å². The van der Waals surface area contributed by atoms with Gasteiger partial charge in [-0.3, -0.25) is 4.98 Å². The first-order chi connectivity index (χ1) is 25.7. The van der Waals surface area contributed by atoms with Crippen molar-refractivity contribution in [3.05, 3.63) is 77.4 Å². The summed E-state index contributed by atoms with van der Waals surface area (Å²) in [4.78, 5) is 4.57. The molecule has 0 bridgehead atoms. The molecule has 0 saturated heterocycles. The van der Waals surface area contributed by atoms with E-state index in [1.54, 1.807) is 0 Å². The normalized spacial score (nSPS) is 9.85. The Bertz CT molecular complexity index is 1480. The molecule has 0 atom stereocenters. The summed E-state index contributed by atoms with van der Waals surface area (Å²) in [6.45, 7) is 2.11. The number of aryl methyl sites for hydroxylation is 1. The van der Waals surface area contributed by atoms with Crippen molar-refractivity contribution in [1.82, 2.24) is 4.98 Å². The van der Waals surface area contributed by atoms with E-state index in [0.717, 1.165) is 16.3 Å². The highest BCUT2D eigenvalue weighted by Crippen LogP contribution is 2.27. The maximum absolute atomic E-state index is 6.46. The van der Waals surface area contributed by atoms with E-state index >= 15 is 0 Å². The average Bonchev–Trinajstić information content (AvgIpc) is 3.08. The Kier molecular flexibility index (Phi) is 22.8. The zero-order chi connectivity index (χ0) is 41.9. The summed E-state index contributed by atoms with van der Waals surface area (Å²) in [5.41, 5.74) is 5.63. The summed E-state index contributed by atoms with van der Waals surface area (Å²) < 4.78 is 0. The van der Waals surface area contributed by atoms with Crippen LogP contribution < -0.4 is 0 Å². The van der Waals surface area contributed by atoms with Crippen LogP contribution in [-0.2, 0) is 0 Å². The molecule has 0 aliphatic carbocycles. The lowest BCUT2D eigenvalue weighted by atomic mass is 8.29. The van der Waals surface area contributed by atoms with Crippen molar-refractivity contribution in [3.63, 3.8) is 0 Å². The molecule has 2 aromatic carbocycles. The van der Waals surface area contributed by atoms with Gasteiger partial charge in [0.25, 0.3) is 0 Å². The third kappa shape index (κ3) is 14.4. The van der Waals surface area contributed by atoms with Crippen LogP contribution in [0, 0.1) is 6.92 Å². The Morgan fingerprint density at radius 3 is 1.18 bits per heavy atom. The molecule has 37 heteroatoms. The van der Waals surface area contributed by atoms with Gasteiger partial charge in [0, 0.05) is 271 Å². The van der Waals surface area contributed by atoms with Gasteiger partial charge in [-0.2, -0.15) is 0 Å². The molecule has 203 valence electrons. The number of halogens is 1. The van der Waals surface area contributed by atoms with Gasteiger partial charge in [0.15, 0.2) is 0 Å². The Balaban J connectivity index is 0.000000435. The van der Waals surface area contributed by atoms with Crippen LogP contribution in [0.5, 0.6) is 0 Å². The third-order valence-electron chi connectivity index (χ3n) is 10.2. The summed E-state index contributed by atoms with van der Waals surface area (Å²) in [6, 6.07) is 20.2. The van der Waals surface area contributed by atoms with E-state index in [2.05, 4.69) is 30.1 Å². The molecule has 37 radical (unpaired) electrons. The molecule has 0 aliphatic heterocycles. The van der Waals surface area contributed by atoms with Crippen molar-refractivity contribution in [2.75, 3.05) is 0 Å². The lowest BCUT2D eigenvalue weighted by Crippen LogP contribution is -2.90. The fourth-order valence-electron chi connectivity index (χ4n) is 7.77. The molecule has 55 heavy (non-hydrogen) atoms. The number of benzene rings is 2. The lowest BCUT2D eigenvalue weighted by molar-refractivity contribution is 1.29. The zero-order valence-electron chi connectivity index (χ0n) is 31.4. The molecule has 3 rings (SSSR count). The molecule has 0 fully saturated rings. The molecular formula is C18H14B35ClN. The van der Waals surface area contributed by atoms with E-state index in [1.807, 2.05) is 48.7 Å². The average molecular weight is 658 g/mol. The standard InChI is InChI=1S/C18H14ClN.B35/c1-13-11-18(15-7-9-16(19)10-8-15)20-12-17(13)14-5-3-2-4-6-14;1-19-28(18)33(29(20(2)3)21(4)5)35(32(26(14)15)27(16)17)34(30(22(6)7)23(8)9)31(24(10)11)25(12)13/h2-12H,1H3;. The minimum atomic E-state index is -1.13. The molecule has 1 aromatic heterocycles. The van der Waals surface area contributed by atoms with Crippen LogP contribution in [0.1, 0.15) is 5.56 Å². The number of nitrogens with zero attached hydrogens (tertiary/aromatic N) is 1. The van der Waals surface area contributed by atoms with Crippen LogP contribution >= 0.6 is 11.6 Å². The molecule has 0 spiro atoms. The summed E-state index contributed by atoms with van der Waals surface area (Å²) in [7, 11) is 112. The SMILES string of the molecule is Cc1cc(-c2ccc(Cl)cc2)ncc1-c1ccccc1.[B][B]B([B])B(B(B([B])[B])B([B])[B])B(B(B([B])[B])B([B])[B])B(B(B([B])[B])B([B])[B])B(B([B])[B])B([B])[B]. The van der Waals surface area contributed by atoms with Crippen molar-refractivity contribution in [1.29, 1.82) is 0 Å². The summed E-state index contributed by atoms with van der Waals surface area (Å²) in [5.74, 6) is 0. The smallest absolute Gasteiger partial charge is 0.0705 e. The van der Waals surface area contributed by atoms with Crippen LogP contribution in [0.4, 0.5) is 0 Å². The number of pyridine rings is 1. The van der Waals surface area contributed by atoms with Crippen LogP contribution in [0.15, 0.2) is 66.9 Å². The van der Waals surface area contributed by atoms with Crippen molar-refractivity contribution < 1.29 is 0 Å². The maximum atomic E-state index is 6.46. The quantitative estimate of drug-likeness (QED) is 0.124. The molecule has 0 amide bonds. The first kappa shape index (κ1) is 51.3. The van der Waals surface area contributed by atoms with E-state index in [0.29, 0.717) is 0 Å². The fraction of sp³-hybridized carbons (Fsp3) is 0.0556. The second-order valence-corrected chi connectivity index (χ2v) is 14.6. The van der Waals surface area contributed by atoms with Crippen LogP contribution in [0.25, 0.3) is 22.4 Å². The van der Waals surface area contributed by atoms with Crippen molar-refractivity contribution in [2.24, 2.45) is 0 Å². The Morgan fingerprint density at radius 1 is 0.473 bits per heavy atom. The highest BCUT2D eigenvalue weighted by atomic mass is 35.5. The monoisotopic (exact) mass is 664 g/mol. The number of hydrogen-bond donors (Lipinski definition) is 0.